The van der Waals surface area contributed by atoms with Crippen LogP contribution in [0, 0.1) is 0 Å². The molecule has 8 heteroatoms. The smallest absolute Gasteiger partial charge is 0.341 e. The number of hydrogen-bond donors (Lipinski definition) is 1. The molecular formula is C28H33NO6S. The minimum absolute atomic E-state index is 0.192. The Morgan fingerprint density at radius 1 is 0.972 bits per heavy atom. The van der Waals surface area contributed by atoms with Gasteiger partial charge >= 0.3 is 5.97 Å². The number of hydrogen-bond acceptors (Lipinski definition) is 7. The molecule has 7 nitrogen and oxygen atoms in total. The normalized spacial score (nSPS) is 10.6. The highest BCUT2D eigenvalue weighted by atomic mass is 32.1. The zero-order valence-electron chi connectivity index (χ0n) is 21.2. The summed E-state index contributed by atoms with van der Waals surface area (Å²) < 4.78 is 21.8. The Bertz CT molecular complexity index is 1160. The molecule has 2 aromatic carbocycles. The Balaban J connectivity index is 1.66. The van der Waals surface area contributed by atoms with E-state index in [9.17, 15) is 9.59 Å². The van der Waals surface area contributed by atoms with E-state index in [1.54, 1.807) is 33.3 Å². The molecule has 192 valence electrons. The molecule has 1 N–H and O–H groups in total. The van der Waals surface area contributed by atoms with Gasteiger partial charge in [0.05, 0.1) is 27.4 Å². The lowest BCUT2D eigenvalue weighted by Crippen LogP contribution is -2.15. The first-order valence-electron chi connectivity index (χ1n) is 12.0. The zero-order valence-corrected chi connectivity index (χ0v) is 22.0. The fourth-order valence-electron chi connectivity index (χ4n) is 3.72. The molecule has 0 bridgehead atoms. The minimum atomic E-state index is -0.492. The van der Waals surface area contributed by atoms with Crippen LogP contribution in [-0.4, -0.2) is 39.3 Å². The lowest BCUT2D eigenvalue weighted by atomic mass is 10.0. The summed E-state index contributed by atoms with van der Waals surface area (Å²) in [5.74, 6) is 1.23. The summed E-state index contributed by atoms with van der Waals surface area (Å²) in [6.07, 6.45) is 2.96. The Kier molecular flexibility index (Phi) is 10.2. The Morgan fingerprint density at radius 2 is 1.72 bits per heavy atom. The van der Waals surface area contributed by atoms with E-state index in [2.05, 4.69) is 24.4 Å². The van der Waals surface area contributed by atoms with Crippen molar-refractivity contribution in [2.24, 2.45) is 0 Å². The number of carbonyl (C=O) groups is 2. The number of carbonyl (C=O) groups excluding carboxylic acids is 2. The monoisotopic (exact) mass is 511 g/mol. The van der Waals surface area contributed by atoms with Gasteiger partial charge in [0.25, 0.3) is 0 Å². The van der Waals surface area contributed by atoms with Gasteiger partial charge in [-0.25, -0.2) is 4.79 Å². The predicted molar refractivity (Wildman–Crippen MR) is 143 cm³/mol. The van der Waals surface area contributed by atoms with Crippen molar-refractivity contribution in [3.05, 3.63) is 59.0 Å². The molecule has 36 heavy (non-hydrogen) atoms. The molecule has 0 radical (unpaired) electrons. The molecule has 0 aliphatic heterocycles. The molecule has 0 spiro atoms. The van der Waals surface area contributed by atoms with Crippen molar-refractivity contribution in [3.63, 3.8) is 0 Å². The maximum absolute atomic E-state index is 12.8. The lowest BCUT2D eigenvalue weighted by Gasteiger charge is -2.11. The van der Waals surface area contributed by atoms with Gasteiger partial charge in [0.1, 0.15) is 16.3 Å². The molecule has 1 aromatic heterocycles. The lowest BCUT2D eigenvalue weighted by molar-refractivity contribution is -0.116. The van der Waals surface area contributed by atoms with Crippen LogP contribution in [0.25, 0.3) is 11.1 Å². The van der Waals surface area contributed by atoms with Crippen LogP contribution in [-0.2, 0) is 16.0 Å². The number of esters is 1. The van der Waals surface area contributed by atoms with E-state index in [-0.39, 0.29) is 18.9 Å². The summed E-state index contributed by atoms with van der Waals surface area (Å²) in [7, 11) is 3.12. The summed E-state index contributed by atoms with van der Waals surface area (Å²) in [6, 6.07) is 13.4. The van der Waals surface area contributed by atoms with Gasteiger partial charge in [0.15, 0.2) is 11.5 Å². The second kappa shape index (κ2) is 13.5. The number of thiophene rings is 1. The molecule has 0 atom stereocenters. The van der Waals surface area contributed by atoms with Crippen molar-refractivity contribution < 1.29 is 28.5 Å². The van der Waals surface area contributed by atoms with Gasteiger partial charge in [0.2, 0.25) is 5.91 Å². The van der Waals surface area contributed by atoms with E-state index >= 15 is 0 Å². The van der Waals surface area contributed by atoms with Crippen LogP contribution in [0.15, 0.2) is 47.8 Å². The molecular weight excluding hydrogens is 478 g/mol. The van der Waals surface area contributed by atoms with E-state index in [1.165, 1.54) is 16.9 Å². The van der Waals surface area contributed by atoms with Crippen LogP contribution in [0.4, 0.5) is 5.00 Å². The highest BCUT2D eigenvalue weighted by molar-refractivity contribution is 7.15. The van der Waals surface area contributed by atoms with Crippen molar-refractivity contribution in [1.29, 1.82) is 0 Å². The van der Waals surface area contributed by atoms with Crippen LogP contribution in [0.1, 0.15) is 49.0 Å². The second-order valence-corrected chi connectivity index (χ2v) is 8.92. The van der Waals surface area contributed by atoms with Crippen molar-refractivity contribution in [2.45, 2.75) is 39.5 Å². The molecule has 0 saturated carbocycles. The van der Waals surface area contributed by atoms with E-state index < -0.39 is 5.97 Å². The SMILES string of the molecule is CCCc1ccc(OCCCC(=O)Nc2scc(-c3ccc(OC)c(OC)c3)c2C(=O)OCC)cc1. The van der Waals surface area contributed by atoms with E-state index in [1.807, 2.05) is 23.6 Å². The predicted octanol–water partition coefficient (Wildman–Crippen LogP) is 6.36. The third-order valence-electron chi connectivity index (χ3n) is 5.50. The standard InChI is InChI=1S/C28H33NO6S/c1-5-8-19-10-13-21(14-11-19)35-16-7-9-25(30)29-27-26(28(31)34-6-2)22(18-36-27)20-12-15-23(32-3)24(17-20)33-4/h10-15,17-18H,5-9,16H2,1-4H3,(H,29,30). The number of amides is 1. The number of nitrogens with one attached hydrogen (secondary N) is 1. The fourth-order valence-corrected chi connectivity index (χ4v) is 4.70. The Labute approximate surface area is 216 Å². The van der Waals surface area contributed by atoms with E-state index in [4.69, 9.17) is 18.9 Å². The molecule has 0 saturated heterocycles. The molecule has 3 rings (SSSR count). The number of rotatable bonds is 13. The summed E-state index contributed by atoms with van der Waals surface area (Å²) in [5, 5.41) is 5.16. The van der Waals surface area contributed by atoms with Crippen molar-refractivity contribution in [2.75, 3.05) is 32.8 Å². The number of anilines is 1. The Hall–Kier alpha value is -3.52. The van der Waals surface area contributed by atoms with Crippen LogP contribution < -0.4 is 19.5 Å². The quantitative estimate of drug-likeness (QED) is 0.212. The molecule has 0 aliphatic carbocycles. The molecule has 1 amide bonds. The van der Waals surface area contributed by atoms with E-state index in [0.29, 0.717) is 40.7 Å². The molecule has 0 unspecified atom stereocenters. The molecule has 0 fully saturated rings. The maximum atomic E-state index is 12.8. The van der Waals surface area contributed by atoms with Gasteiger partial charge in [-0.1, -0.05) is 31.5 Å². The number of ether oxygens (including phenoxy) is 4. The largest absolute Gasteiger partial charge is 0.494 e. The number of benzene rings is 2. The van der Waals surface area contributed by atoms with Crippen LogP contribution in [0.2, 0.25) is 0 Å². The van der Waals surface area contributed by atoms with Gasteiger partial charge in [-0.05, 0) is 55.2 Å². The van der Waals surface area contributed by atoms with Gasteiger partial charge in [0, 0.05) is 17.4 Å². The first kappa shape index (κ1) is 27.1. The summed E-state index contributed by atoms with van der Waals surface area (Å²) >= 11 is 1.28. The van der Waals surface area contributed by atoms with Crippen molar-refractivity contribution in [1.82, 2.24) is 0 Å². The van der Waals surface area contributed by atoms with Gasteiger partial charge in [-0.15, -0.1) is 11.3 Å². The summed E-state index contributed by atoms with van der Waals surface area (Å²) in [6.45, 7) is 4.55. The van der Waals surface area contributed by atoms with Crippen molar-refractivity contribution in [3.8, 4) is 28.4 Å². The summed E-state index contributed by atoms with van der Waals surface area (Å²) in [4.78, 5) is 25.5. The average Bonchev–Trinajstić information content (AvgIpc) is 3.30. The summed E-state index contributed by atoms with van der Waals surface area (Å²) in [5.41, 5.74) is 3.02. The van der Waals surface area contributed by atoms with Crippen LogP contribution in [0.3, 0.4) is 0 Å². The van der Waals surface area contributed by atoms with E-state index in [0.717, 1.165) is 24.2 Å². The van der Waals surface area contributed by atoms with Gasteiger partial charge < -0.3 is 24.3 Å². The third-order valence-corrected chi connectivity index (χ3v) is 6.39. The maximum Gasteiger partial charge on any atom is 0.341 e. The highest BCUT2D eigenvalue weighted by Crippen LogP contribution is 2.39. The Morgan fingerprint density at radius 3 is 2.39 bits per heavy atom. The first-order valence-corrected chi connectivity index (χ1v) is 12.9. The topological polar surface area (TPSA) is 83.1 Å². The zero-order chi connectivity index (χ0) is 25.9. The molecule has 1 heterocycles. The van der Waals surface area contributed by atoms with Crippen LogP contribution in [0.5, 0.6) is 17.2 Å². The van der Waals surface area contributed by atoms with Gasteiger partial charge in [-0.2, -0.15) is 0 Å². The highest BCUT2D eigenvalue weighted by Gasteiger charge is 2.23. The molecule has 0 aliphatic rings. The second-order valence-electron chi connectivity index (χ2n) is 8.04. The number of methoxy groups -OCH3 is 2. The van der Waals surface area contributed by atoms with Crippen LogP contribution >= 0.6 is 11.3 Å². The minimum Gasteiger partial charge on any atom is -0.494 e. The average molecular weight is 512 g/mol. The van der Waals surface area contributed by atoms with Gasteiger partial charge in [-0.3, -0.25) is 4.79 Å². The number of aryl methyl sites for hydroxylation is 1. The third kappa shape index (κ3) is 7.01. The molecule has 3 aromatic rings. The van der Waals surface area contributed by atoms with Crippen molar-refractivity contribution >= 4 is 28.2 Å². The first-order chi connectivity index (χ1) is 17.5. The fraction of sp³-hybridized carbons (Fsp3) is 0.357.